The van der Waals surface area contributed by atoms with Crippen LogP contribution in [0.25, 0.3) is 0 Å². The quantitative estimate of drug-likeness (QED) is 0.248. The van der Waals surface area contributed by atoms with Crippen molar-refractivity contribution in [3.63, 3.8) is 0 Å². The van der Waals surface area contributed by atoms with Crippen molar-refractivity contribution in [2.24, 2.45) is 0 Å². The molecular weight excluding hydrogens is 536 g/mol. The molecule has 1 amide bonds. The van der Waals surface area contributed by atoms with Gasteiger partial charge in [-0.05, 0) is 108 Å². The fourth-order valence-electron chi connectivity index (χ4n) is 5.80. The third-order valence-corrected chi connectivity index (χ3v) is 8.27. The molecule has 2 heterocycles. The molecule has 41 heavy (non-hydrogen) atoms. The maximum Gasteiger partial charge on any atom is 0.253 e. The lowest BCUT2D eigenvalue weighted by Crippen LogP contribution is -2.32. The van der Waals surface area contributed by atoms with E-state index < -0.39 is 0 Å². The van der Waals surface area contributed by atoms with Gasteiger partial charge in [-0.3, -0.25) is 4.79 Å². The normalized spacial score (nSPS) is 16.6. The monoisotopic (exact) mass is 576 g/mol. The van der Waals surface area contributed by atoms with Gasteiger partial charge in [0.05, 0.1) is 29.2 Å². The summed E-state index contributed by atoms with van der Waals surface area (Å²) < 4.78 is 6.26. The Morgan fingerprint density at radius 2 is 1.78 bits per heavy atom. The molecular formula is C32H41ClN6O2. The number of piperidine rings is 1. The molecule has 0 bridgehead atoms. The van der Waals surface area contributed by atoms with Gasteiger partial charge in [0.25, 0.3) is 5.91 Å². The number of hydrogen-bond donors (Lipinski definition) is 3. The number of benzene rings is 2. The Hall–Kier alpha value is -3.36. The van der Waals surface area contributed by atoms with Crippen LogP contribution in [0.15, 0.2) is 42.6 Å². The highest BCUT2D eigenvalue weighted by Gasteiger charge is 2.23. The van der Waals surface area contributed by atoms with Crippen LogP contribution in [0.2, 0.25) is 5.02 Å². The van der Waals surface area contributed by atoms with E-state index in [2.05, 4.69) is 56.9 Å². The summed E-state index contributed by atoms with van der Waals surface area (Å²) in [7, 11) is 2.18. The number of aryl methyl sites for hydroxylation is 1. The lowest BCUT2D eigenvalue weighted by Gasteiger charge is -2.30. The second-order valence-electron chi connectivity index (χ2n) is 11.6. The van der Waals surface area contributed by atoms with E-state index in [1.165, 1.54) is 11.1 Å². The van der Waals surface area contributed by atoms with Crippen molar-refractivity contribution in [1.29, 1.82) is 0 Å². The van der Waals surface area contributed by atoms with Gasteiger partial charge in [0, 0.05) is 6.04 Å². The molecule has 1 aromatic heterocycles. The summed E-state index contributed by atoms with van der Waals surface area (Å²) in [5.74, 6) is 1.99. The number of halogens is 1. The van der Waals surface area contributed by atoms with Gasteiger partial charge in [0.2, 0.25) is 5.95 Å². The number of nitrogens with one attached hydrogen (secondary N) is 3. The molecule has 8 nitrogen and oxygen atoms in total. The van der Waals surface area contributed by atoms with Gasteiger partial charge < -0.3 is 25.6 Å². The number of hydrogen-bond acceptors (Lipinski definition) is 7. The SMILES string of the molecule is Cc1cc(Nc2ncc(Cl)c(Nc3ccccc3C(=O)NC3CCCC3)n2)c(OC(C)C)cc1C1CCN(C)CC1. The molecule has 3 aromatic rings. The number of likely N-dealkylation sites (tertiary alicyclic amines) is 1. The molecule has 1 aliphatic carbocycles. The number of carbonyl (C=O) groups is 1. The minimum absolute atomic E-state index is 0.0128. The molecule has 218 valence electrons. The van der Waals surface area contributed by atoms with E-state index in [1.54, 1.807) is 6.20 Å². The molecule has 1 aliphatic heterocycles. The van der Waals surface area contributed by atoms with Gasteiger partial charge in [-0.15, -0.1) is 0 Å². The van der Waals surface area contributed by atoms with Crippen LogP contribution in [0.4, 0.5) is 23.1 Å². The predicted octanol–water partition coefficient (Wildman–Crippen LogP) is 7.19. The molecule has 1 saturated heterocycles. The van der Waals surface area contributed by atoms with Crippen molar-refractivity contribution in [2.75, 3.05) is 30.8 Å². The Morgan fingerprint density at radius 3 is 2.51 bits per heavy atom. The van der Waals surface area contributed by atoms with Gasteiger partial charge in [-0.25, -0.2) is 4.98 Å². The van der Waals surface area contributed by atoms with Crippen LogP contribution in [0.1, 0.15) is 79.8 Å². The van der Waals surface area contributed by atoms with Crippen LogP contribution < -0.4 is 20.7 Å². The number of para-hydroxylation sites is 1. The van der Waals surface area contributed by atoms with Gasteiger partial charge in [0.15, 0.2) is 5.82 Å². The second kappa shape index (κ2) is 13.1. The maximum atomic E-state index is 13.1. The fraction of sp³-hybridized carbons (Fsp3) is 0.469. The van der Waals surface area contributed by atoms with Crippen molar-refractivity contribution in [3.05, 3.63) is 64.3 Å². The van der Waals surface area contributed by atoms with Gasteiger partial charge in [-0.1, -0.05) is 36.6 Å². The fourth-order valence-corrected chi connectivity index (χ4v) is 5.94. The molecule has 2 aromatic carbocycles. The number of amides is 1. The summed E-state index contributed by atoms with van der Waals surface area (Å²) in [6.45, 7) is 8.41. The van der Waals surface area contributed by atoms with Crippen LogP contribution in [0.3, 0.4) is 0 Å². The van der Waals surface area contributed by atoms with Crippen LogP contribution in [-0.2, 0) is 0 Å². The summed E-state index contributed by atoms with van der Waals surface area (Å²) in [5.41, 5.74) is 4.55. The Morgan fingerprint density at radius 1 is 1.05 bits per heavy atom. The van der Waals surface area contributed by atoms with Crippen LogP contribution in [0, 0.1) is 6.92 Å². The minimum atomic E-state index is -0.0980. The van der Waals surface area contributed by atoms with E-state index in [9.17, 15) is 4.79 Å². The number of anilines is 4. The summed E-state index contributed by atoms with van der Waals surface area (Å²) in [4.78, 5) is 24.6. The minimum Gasteiger partial charge on any atom is -0.489 e. The zero-order valence-electron chi connectivity index (χ0n) is 24.5. The molecule has 0 spiro atoms. The lowest BCUT2D eigenvalue weighted by molar-refractivity contribution is 0.0938. The zero-order chi connectivity index (χ0) is 28.9. The standard InChI is InChI=1S/C32H41ClN6O2/c1-20(2)41-29-18-25(22-13-15-39(4)16-14-22)21(3)17-28(29)37-32-34-19-26(33)30(38-32)36-27-12-8-7-11-24(27)31(40)35-23-9-5-6-10-23/h7-8,11-12,17-20,22-23H,5-6,9-10,13-16H2,1-4H3,(H,35,40)(H2,34,36,37,38). The van der Waals surface area contributed by atoms with Crippen molar-refractivity contribution in [2.45, 2.75) is 77.4 Å². The summed E-state index contributed by atoms with van der Waals surface area (Å²) >= 11 is 6.52. The number of nitrogens with zero attached hydrogens (tertiary/aromatic N) is 3. The molecule has 5 rings (SSSR count). The molecule has 2 aliphatic rings. The number of carbonyl (C=O) groups excluding carboxylic acids is 1. The van der Waals surface area contributed by atoms with Crippen molar-refractivity contribution in [3.8, 4) is 5.75 Å². The van der Waals surface area contributed by atoms with Crippen LogP contribution in [-0.4, -0.2) is 53.1 Å². The van der Waals surface area contributed by atoms with Gasteiger partial charge in [0.1, 0.15) is 10.8 Å². The molecule has 1 saturated carbocycles. The average Bonchev–Trinajstić information content (AvgIpc) is 3.45. The molecule has 0 unspecified atom stereocenters. The Bertz CT molecular complexity index is 1370. The summed E-state index contributed by atoms with van der Waals surface area (Å²) in [5, 5.41) is 10.1. The van der Waals surface area contributed by atoms with E-state index in [1.807, 2.05) is 38.1 Å². The van der Waals surface area contributed by atoms with E-state index in [0.29, 0.717) is 34.0 Å². The van der Waals surface area contributed by atoms with Crippen molar-refractivity contribution >= 4 is 40.6 Å². The topological polar surface area (TPSA) is 91.4 Å². The summed E-state index contributed by atoms with van der Waals surface area (Å²) in [6, 6.07) is 11.9. The molecule has 9 heteroatoms. The number of aromatic nitrogens is 2. The van der Waals surface area contributed by atoms with Gasteiger partial charge in [-0.2, -0.15) is 4.98 Å². The molecule has 2 fully saturated rings. The largest absolute Gasteiger partial charge is 0.489 e. The first-order valence-electron chi connectivity index (χ1n) is 14.7. The Kier molecular flexibility index (Phi) is 9.30. The molecule has 0 atom stereocenters. The highest BCUT2D eigenvalue weighted by molar-refractivity contribution is 6.33. The van der Waals surface area contributed by atoms with Crippen LogP contribution >= 0.6 is 11.6 Å². The summed E-state index contributed by atoms with van der Waals surface area (Å²) in [6.07, 6.45) is 8.21. The van der Waals surface area contributed by atoms with Gasteiger partial charge >= 0.3 is 0 Å². The molecule has 3 N–H and O–H groups in total. The zero-order valence-corrected chi connectivity index (χ0v) is 25.2. The van der Waals surface area contributed by atoms with Crippen molar-refractivity contribution in [1.82, 2.24) is 20.2 Å². The van der Waals surface area contributed by atoms with Crippen LogP contribution in [0.5, 0.6) is 5.75 Å². The maximum absolute atomic E-state index is 13.1. The van der Waals surface area contributed by atoms with Crippen molar-refractivity contribution < 1.29 is 9.53 Å². The molecule has 0 radical (unpaired) electrons. The highest BCUT2D eigenvalue weighted by atomic mass is 35.5. The first kappa shape index (κ1) is 29.1. The third kappa shape index (κ3) is 7.29. The first-order chi connectivity index (χ1) is 19.8. The predicted molar refractivity (Wildman–Crippen MR) is 166 cm³/mol. The highest BCUT2D eigenvalue weighted by Crippen LogP contribution is 2.38. The smallest absolute Gasteiger partial charge is 0.253 e. The lowest BCUT2D eigenvalue weighted by atomic mass is 9.86. The van der Waals surface area contributed by atoms with E-state index in [4.69, 9.17) is 16.3 Å². The second-order valence-corrected chi connectivity index (χ2v) is 12.0. The Balaban J connectivity index is 1.38. The van der Waals surface area contributed by atoms with E-state index in [-0.39, 0.29) is 18.1 Å². The number of ether oxygens (including phenoxy) is 1. The number of rotatable bonds is 9. The first-order valence-corrected chi connectivity index (χ1v) is 15.1. The average molecular weight is 577 g/mol. The Labute approximate surface area is 248 Å². The van der Waals surface area contributed by atoms with E-state index in [0.717, 1.165) is 63.1 Å². The van der Waals surface area contributed by atoms with E-state index >= 15 is 0 Å². The third-order valence-electron chi connectivity index (χ3n) is 8.00.